The molecule has 3 N–H and O–H groups in total. The van der Waals surface area contributed by atoms with Gasteiger partial charge in [0.2, 0.25) is 0 Å². The predicted molar refractivity (Wildman–Crippen MR) is 118 cm³/mol. The van der Waals surface area contributed by atoms with Crippen molar-refractivity contribution in [2.75, 3.05) is 5.32 Å². The summed E-state index contributed by atoms with van der Waals surface area (Å²) in [6, 6.07) is 7.22. The fraction of sp³-hybridized carbons (Fsp3) is 0.348. The average molecular weight is 432 g/mol. The van der Waals surface area contributed by atoms with E-state index in [9.17, 15) is 10.0 Å². The third-order valence-electron chi connectivity index (χ3n) is 6.20. The van der Waals surface area contributed by atoms with Crippen molar-refractivity contribution in [2.45, 2.75) is 51.5 Å². The number of fused-ring (bicyclic) bond motifs is 2. The van der Waals surface area contributed by atoms with E-state index in [1.54, 1.807) is 18.3 Å². The lowest BCUT2D eigenvalue weighted by atomic mass is 9.79. The van der Waals surface area contributed by atoms with Gasteiger partial charge in [-0.3, -0.25) is 4.79 Å². The molecular formula is C23H25N7O2. The van der Waals surface area contributed by atoms with Crippen LogP contribution in [0.15, 0.2) is 41.8 Å². The van der Waals surface area contributed by atoms with Gasteiger partial charge in [-0.15, -0.1) is 0 Å². The largest absolute Gasteiger partial charge is 0.427 e. The van der Waals surface area contributed by atoms with E-state index >= 15 is 0 Å². The normalized spacial score (nSPS) is 17.3. The van der Waals surface area contributed by atoms with E-state index in [0.29, 0.717) is 34.2 Å². The monoisotopic (exact) mass is 431 g/mol. The zero-order valence-corrected chi connectivity index (χ0v) is 18.1. The van der Waals surface area contributed by atoms with Gasteiger partial charge in [0.05, 0.1) is 16.8 Å². The second-order valence-electron chi connectivity index (χ2n) is 8.54. The Morgan fingerprint density at radius 3 is 2.66 bits per heavy atom. The first-order chi connectivity index (χ1) is 15.4. The number of nitrogens with zero attached hydrogens (tertiary/aromatic N) is 5. The summed E-state index contributed by atoms with van der Waals surface area (Å²) in [5.41, 5.74) is 2.78. The molecule has 9 nitrogen and oxygen atoms in total. The molecule has 32 heavy (non-hydrogen) atoms. The molecule has 1 amide bonds. The third-order valence-corrected chi connectivity index (χ3v) is 6.20. The van der Waals surface area contributed by atoms with Crippen molar-refractivity contribution in [1.82, 2.24) is 25.0 Å². The molecule has 4 heterocycles. The summed E-state index contributed by atoms with van der Waals surface area (Å²) >= 11 is 0. The molecule has 0 unspecified atom stereocenters. The first-order valence-corrected chi connectivity index (χ1v) is 10.8. The van der Waals surface area contributed by atoms with E-state index < -0.39 is 5.54 Å². The molecule has 1 fully saturated rings. The van der Waals surface area contributed by atoms with Gasteiger partial charge in [-0.05, 0) is 49.9 Å². The lowest BCUT2D eigenvalue weighted by Crippen LogP contribution is -2.43. The smallest absolute Gasteiger partial charge is 0.254 e. The van der Waals surface area contributed by atoms with Gasteiger partial charge in [0, 0.05) is 12.3 Å². The van der Waals surface area contributed by atoms with E-state index in [4.69, 9.17) is 0 Å². The quantitative estimate of drug-likeness (QED) is 0.547. The number of carbonyl (C=O) groups excluding carboxylic acids is 1. The van der Waals surface area contributed by atoms with E-state index in [1.165, 1.54) is 6.33 Å². The lowest BCUT2D eigenvalue weighted by molar-refractivity contribution is 0.0892. The molecule has 164 valence electrons. The fourth-order valence-electron chi connectivity index (χ4n) is 4.67. The molecule has 0 atom stereocenters. The highest BCUT2D eigenvalue weighted by Crippen LogP contribution is 2.42. The molecule has 3 aromatic rings. The van der Waals surface area contributed by atoms with Crippen LogP contribution in [0.2, 0.25) is 0 Å². The first-order valence-electron chi connectivity index (χ1n) is 10.8. The van der Waals surface area contributed by atoms with Crippen molar-refractivity contribution in [2.24, 2.45) is 4.99 Å². The topological polar surface area (TPSA) is 117 Å². The van der Waals surface area contributed by atoms with Crippen LogP contribution in [0.4, 0.5) is 17.5 Å². The zero-order chi connectivity index (χ0) is 22.3. The summed E-state index contributed by atoms with van der Waals surface area (Å²) in [7, 11) is 0. The summed E-state index contributed by atoms with van der Waals surface area (Å²) in [6.07, 6.45) is 7.94. The highest BCUT2D eigenvalue weighted by molar-refractivity contribution is 6.00. The molecule has 0 saturated heterocycles. The van der Waals surface area contributed by atoms with Gasteiger partial charge in [0.1, 0.15) is 18.0 Å². The molecule has 0 bridgehead atoms. The average Bonchev–Trinajstić information content (AvgIpc) is 3.06. The molecule has 3 aromatic heterocycles. The van der Waals surface area contributed by atoms with Gasteiger partial charge in [0.15, 0.2) is 11.3 Å². The number of aryl methyl sites for hydroxylation is 2. The Morgan fingerprint density at radius 2 is 1.91 bits per heavy atom. The van der Waals surface area contributed by atoms with Crippen molar-refractivity contribution in [3.05, 3.63) is 64.7 Å². The molecule has 2 aliphatic rings. The van der Waals surface area contributed by atoms with Gasteiger partial charge >= 0.3 is 0 Å². The molecule has 1 aliphatic carbocycles. The van der Waals surface area contributed by atoms with Crippen molar-refractivity contribution in [3.8, 4) is 0 Å². The highest BCUT2D eigenvalue weighted by atomic mass is 16.5. The Balaban J connectivity index is 1.55. The van der Waals surface area contributed by atoms with Gasteiger partial charge in [-0.25, -0.2) is 19.9 Å². The van der Waals surface area contributed by atoms with Crippen LogP contribution in [-0.2, 0) is 5.54 Å². The van der Waals surface area contributed by atoms with Crippen LogP contribution in [0, 0.1) is 13.8 Å². The fourth-order valence-corrected chi connectivity index (χ4v) is 4.67. The number of aromatic nitrogens is 4. The number of anilines is 2. The molecule has 0 radical (unpaired) electrons. The minimum absolute atomic E-state index is 0.132. The Morgan fingerprint density at radius 1 is 1.09 bits per heavy atom. The lowest BCUT2D eigenvalue weighted by Gasteiger charge is -2.34. The van der Waals surface area contributed by atoms with Crippen LogP contribution < -0.4 is 16.1 Å². The number of hydrogen-bond acceptors (Lipinski definition) is 7. The maximum atomic E-state index is 12.7. The molecular weight excluding hydrogens is 406 g/mol. The van der Waals surface area contributed by atoms with E-state index in [2.05, 4.69) is 30.6 Å². The predicted octanol–water partition coefficient (Wildman–Crippen LogP) is 3.41. The van der Waals surface area contributed by atoms with Crippen molar-refractivity contribution in [1.29, 1.82) is 0 Å². The van der Waals surface area contributed by atoms with Crippen LogP contribution in [-0.4, -0.2) is 30.8 Å². The van der Waals surface area contributed by atoms with Crippen LogP contribution in [0.25, 0.3) is 0 Å². The van der Waals surface area contributed by atoms with E-state index in [1.807, 2.05) is 26.0 Å². The minimum Gasteiger partial charge on any atom is -0.427 e. The number of hydrogen-bond donors (Lipinski definition) is 3. The Hall–Kier alpha value is -3.75. The molecule has 9 heteroatoms. The van der Waals surface area contributed by atoms with Crippen molar-refractivity contribution < 1.29 is 10.0 Å². The van der Waals surface area contributed by atoms with E-state index in [0.717, 1.165) is 48.0 Å². The van der Waals surface area contributed by atoms with Crippen LogP contribution in [0.3, 0.4) is 0 Å². The van der Waals surface area contributed by atoms with Gasteiger partial charge < -0.3 is 15.8 Å². The summed E-state index contributed by atoms with van der Waals surface area (Å²) < 4.78 is 1.06. The second kappa shape index (κ2) is 7.74. The van der Waals surface area contributed by atoms with Gasteiger partial charge in [-0.2, -0.15) is 4.73 Å². The van der Waals surface area contributed by atoms with Crippen LogP contribution >= 0.6 is 0 Å². The van der Waals surface area contributed by atoms with Gasteiger partial charge in [0.25, 0.3) is 5.91 Å². The SMILES string of the molecule is Cc1ccc(Nc2cc(N=c3cc(C)c4c(n3O)C3(CCCCC3)NC4=O)ncn2)nc1. The maximum Gasteiger partial charge on any atom is 0.254 e. The third kappa shape index (κ3) is 3.49. The second-order valence-corrected chi connectivity index (χ2v) is 8.54. The van der Waals surface area contributed by atoms with Crippen molar-refractivity contribution in [3.63, 3.8) is 0 Å². The summed E-state index contributed by atoms with van der Waals surface area (Å²) in [4.78, 5) is 30.1. The Labute approximate surface area is 185 Å². The summed E-state index contributed by atoms with van der Waals surface area (Å²) in [5, 5.41) is 17.4. The number of pyridine rings is 2. The Bertz CT molecular complexity index is 1260. The summed E-state index contributed by atoms with van der Waals surface area (Å²) in [5.74, 6) is 1.45. The minimum atomic E-state index is -0.537. The molecule has 0 aromatic carbocycles. The Kier molecular flexibility index (Phi) is 4.88. The summed E-state index contributed by atoms with van der Waals surface area (Å²) in [6.45, 7) is 3.84. The van der Waals surface area contributed by atoms with Crippen LogP contribution in [0.5, 0.6) is 0 Å². The maximum absolute atomic E-state index is 12.7. The molecule has 1 spiro atoms. The molecule has 1 saturated carbocycles. The van der Waals surface area contributed by atoms with Gasteiger partial charge in [-0.1, -0.05) is 25.3 Å². The number of nitrogens with one attached hydrogen (secondary N) is 2. The van der Waals surface area contributed by atoms with Crippen molar-refractivity contribution >= 4 is 23.4 Å². The molecule has 1 aliphatic heterocycles. The number of rotatable bonds is 3. The van der Waals surface area contributed by atoms with Crippen LogP contribution in [0.1, 0.15) is 59.3 Å². The zero-order valence-electron chi connectivity index (χ0n) is 18.1. The molecule has 5 rings (SSSR count). The number of amides is 1. The van der Waals surface area contributed by atoms with E-state index in [-0.39, 0.29) is 5.91 Å². The standard InChI is InChI=1S/C23H25N7O2/c1-14-6-7-16(24-12-14)27-17-11-18(26-13-25-17)28-19-10-15(2)20-21(30(19)32)23(29-22(20)31)8-4-3-5-9-23/h6-7,10-13,32H,3-5,8-9H2,1-2H3,(H,29,31)(H,24,25,26,27). The first kappa shape index (κ1) is 20.2. The highest BCUT2D eigenvalue weighted by Gasteiger charge is 2.47. The number of carbonyl (C=O) groups is 1.